The van der Waals surface area contributed by atoms with E-state index in [-0.39, 0.29) is 5.91 Å². The fraction of sp³-hybridized carbons (Fsp3) is 0.700. The number of rotatable bonds is 2. The molecule has 0 aromatic rings. The van der Waals surface area contributed by atoms with Crippen LogP contribution >= 0.6 is 0 Å². The highest BCUT2D eigenvalue weighted by molar-refractivity contribution is 6.00. The monoisotopic (exact) mass is 228 g/mol. The molecule has 6 nitrogen and oxygen atoms in total. The van der Waals surface area contributed by atoms with Crippen LogP contribution in [0, 0.1) is 5.92 Å². The van der Waals surface area contributed by atoms with Crippen molar-refractivity contribution in [1.82, 2.24) is 10.2 Å². The summed E-state index contributed by atoms with van der Waals surface area (Å²) in [6.45, 7) is 5.24. The van der Waals surface area contributed by atoms with Gasteiger partial charge in [-0.15, -0.1) is 0 Å². The molecule has 0 bridgehead atoms. The summed E-state index contributed by atoms with van der Waals surface area (Å²) < 4.78 is 0. The van der Waals surface area contributed by atoms with E-state index in [9.17, 15) is 14.4 Å². The molecule has 1 aliphatic rings. The molecule has 1 rings (SSSR count). The Morgan fingerprint density at radius 3 is 2.56 bits per heavy atom. The predicted molar refractivity (Wildman–Crippen MR) is 55.6 cm³/mol. The number of carbonyl (C=O) groups is 3. The van der Waals surface area contributed by atoms with E-state index in [0.29, 0.717) is 13.1 Å². The lowest BCUT2D eigenvalue weighted by Crippen LogP contribution is -2.64. The van der Waals surface area contributed by atoms with Gasteiger partial charge in [0, 0.05) is 13.1 Å². The minimum Gasteiger partial charge on any atom is -0.481 e. The lowest BCUT2D eigenvalue weighted by atomic mass is 9.96. The number of amides is 2. The van der Waals surface area contributed by atoms with Gasteiger partial charge in [-0.25, -0.2) is 0 Å². The Hall–Kier alpha value is -1.59. The standard InChI is InChI=1S/C10H16N2O4/c1-6(8(14)15)7(13)12-5-4-11-9(16)10(12,2)3/h6H,4-5H2,1-3H3,(H,11,16)(H,14,15). The van der Waals surface area contributed by atoms with Crippen LogP contribution in [0.1, 0.15) is 20.8 Å². The molecule has 1 aliphatic heterocycles. The van der Waals surface area contributed by atoms with E-state index in [0.717, 1.165) is 0 Å². The summed E-state index contributed by atoms with van der Waals surface area (Å²) >= 11 is 0. The van der Waals surface area contributed by atoms with Crippen molar-refractivity contribution in [3.63, 3.8) is 0 Å². The second-order valence-corrected chi connectivity index (χ2v) is 4.36. The van der Waals surface area contributed by atoms with Crippen molar-refractivity contribution < 1.29 is 19.5 Å². The van der Waals surface area contributed by atoms with Gasteiger partial charge >= 0.3 is 5.97 Å². The SMILES string of the molecule is CC(C(=O)O)C(=O)N1CCNC(=O)C1(C)C. The molecule has 2 N–H and O–H groups in total. The van der Waals surface area contributed by atoms with Crippen LogP contribution in [-0.4, -0.2) is 46.4 Å². The number of nitrogens with zero attached hydrogens (tertiary/aromatic N) is 1. The molecule has 0 aliphatic carbocycles. The number of carboxylic acids is 1. The normalized spacial score (nSPS) is 21.2. The van der Waals surface area contributed by atoms with Crippen molar-refractivity contribution in [2.45, 2.75) is 26.3 Å². The Morgan fingerprint density at radius 1 is 1.50 bits per heavy atom. The van der Waals surface area contributed by atoms with Crippen LogP contribution in [0.25, 0.3) is 0 Å². The average Bonchev–Trinajstić information content (AvgIpc) is 2.19. The zero-order valence-corrected chi connectivity index (χ0v) is 9.61. The summed E-state index contributed by atoms with van der Waals surface area (Å²) in [5.74, 6) is -3.08. The van der Waals surface area contributed by atoms with Crippen molar-refractivity contribution in [2.24, 2.45) is 5.92 Å². The van der Waals surface area contributed by atoms with E-state index in [4.69, 9.17) is 5.11 Å². The van der Waals surface area contributed by atoms with Gasteiger partial charge in [-0.05, 0) is 20.8 Å². The number of nitrogens with one attached hydrogen (secondary N) is 1. The van der Waals surface area contributed by atoms with Crippen LogP contribution in [0.15, 0.2) is 0 Å². The van der Waals surface area contributed by atoms with Gasteiger partial charge in [0.2, 0.25) is 11.8 Å². The number of piperazine rings is 1. The maximum atomic E-state index is 11.9. The molecule has 1 atom stereocenters. The molecule has 6 heteroatoms. The highest BCUT2D eigenvalue weighted by Gasteiger charge is 2.42. The number of carbonyl (C=O) groups excluding carboxylic acids is 2. The summed E-state index contributed by atoms with van der Waals surface area (Å²) in [7, 11) is 0. The maximum Gasteiger partial charge on any atom is 0.315 e. The first-order chi connectivity index (χ1) is 7.28. The molecule has 1 heterocycles. The first kappa shape index (κ1) is 12.5. The second kappa shape index (κ2) is 4.11. The largest absolute Gasteiger partial charge is 0.481 e. The highest BCUT2D eigenvalue weighted by Crippen LogP contribution is 2.20. The summed E-state index contributed by atoms with van der Waals surface area (Å²) in [6, 6.07) is 0. The summed E-state index contributed by atoms with van der Waals surface area (Å²) in [5, 5.41) is 11.4. The van der Waals surface area contributed by atoms with Gasteiger partial charge in [-0.3, -0.25) is 14.4 Å². The zero-order chi connectivity index (χ0) is 12.5. The number of carboxylic acid groups (broad SMARTS) is 1. The van der Waals surface area contributed by atoms with Crippen LogP contribution in [-0.2, 0) is 14.4 Å². The Bertz CT molecular complexity index is 338. The van der Waals surface area contributed by atoms with Crippen molar-refractivity contribution in [1.29, 1.82) is 0 Å². The molecular formula is C10H16N2O4. The molecule has 1 unspecified atom stereocenters. The van der Waals surface area contributed by atoms with Gasteiger partial charge in [0.25, 0.3) is 0 Å². The highest BCUT2D eigenvalue weighted by atomic mass is 16.4. The van der Waals surface area contributed by atoms with E-state index in [1.54, 1.807) is 13.8 Å². The number of hydrogen-bond acceptors (Lipinski definition) is 3. The second-order valence-electron chi connectivity index (χ2n) is 4.36. The van der Waals surface area contributed by atoms with Gasteiger partial charge in [0.05, 0.1) is 0 Å². The average molecular weight is 228 g/mol. The fourth-order valence-corrected chi connectivity index (χ4v) is 1.62. The van der Waals surface area contributed by atoms with Gasteiger partial charge in [-0.1, -0.05) is 0 Å². The molecular weight excluding hydrogens is 212 g/mol. The van der Waals surface area contributed by atoms with Gasteiger partial charge in [-0.2, -0.15) is 0 Å². The first-order valence-electron chi connectivity index (χ1n) is 5.11. The molecule has 1 saturated heterocycles. The van der Waals surface area contributed by atoms with Gasteiger partial charge in [0.1, 0.15) is 11.5 Å². The van der Waals surface area contributed by atoms with Crippen LogP contribution in [0.4, 0.5) is 0 Å². The Kier molecular flexibility index (Phi) is 3.21. The minimum absolute atomic E-state index is 0.260. The smallest absolute Gasteiger partial charge is 0.315 e. The quantitative estimate of drug-likeness (QED) is 0.620. The molecule has 0 aromatic carbocycles. The van der Waals surface area contributed by atoms with Crippen LogP contribution in [0.3, 0.4) is 0 Å². The third-order valence-electron chi connectivity index (χ3n) is 2.86. The zero-order valence-electron chi connectivity index (χ0n) is 9.61. The van der Waals surface area contributed by atoms with E-state index in [1.807, 2.05) is 0 Å². The predicted octanol–water partition coefficient (Wildman–Crippen LogP) is -0.556. The summed E-state index contributed by atoms with van der Waals surface area (Å²) in [4.78, 5) is 35.5. The Labute approximate surface area is 93.6 Å². The van der Waals surface area contributed by atoms with Crippen molar-refractivity contribution in [3.8, 4) is 0 Å². The first-order valence-corrected chi connectivity index (χ1v) is 5.11. The third kappa shape index (κ3) is 2.00. The van der Waals surface area contributed by atoms with Crippen molar-refractivity contribution in [3.05, 3.63) is 0 Å². The lowest BCUT2D eigenvalue weighted by Gasteiger charge is -2.41. The van der Waals surface area contributed by atoms with Crippen LogP contribution in [0.5, 0.6) is 0 Å². The lowest BCUT2D eigenvalue weighted by molar-refractivity contribution is -0.158. The molecule has 90 valence electrons. The topological polar surface area (TPSA) is 86.7 Å². The van der Waals surface area contributed by atoms with E-state index < -0.39 is 23.3 Å². The molecule has 0 saturated carbocycles. The minimum atomic E-state index is -1.17. The van der Waals surface area contributed by atoms with E-state index in [1.165, 1.54) is 11.8 Å². The number of aliphatic carboxylic acids is 1. The molecule has 0 aromatic heterocycles. The number of hydrogen-bond donors (Lipinski definition) is 2. The van der Waals surface area contributed by atoms with Crippen LogP contribution < -0.4 is 5.32 Å². The molecule has 1 fully saturated rings. The van der Waals surface area contributed by atoms with Crippen molar-refractivity contribution >= 4 is 17.8 Å². The Morgan fingerprint density at radius 2 is 2.06 bits per heavy atom. The van der Waals surface area contributed by atoms with Gasteiger partial charge in [0.15, 0.2) is 0 Å². The molecule has 16 heavy (non-hydrogen) atoms. The van der Waals surface area contributed by atoms with E-state index in [2.05, 4.69) is 5.32 Å². The van der Waals surface area contributed by atoms with Crippen LogP contribution in [0.2, 0.25) is 0 Å². The fourth-order valence-electron chi connectivity index (χ4n) is 1.62. The molecule has 0 spiro atoms. The van der Waals surface area contributed by atoms with E-state index >= 15 is 0 Å². The molecule has 0 radical (unpaired) electrons. The summed E-state index contributed by atoms with van der Waals surface area (Å²) in [5.41, 5.74) is -0.987. The maximum absolute atomic E-state index is 11.9. The Balaban J connectivity index is 2.90. The summed E-state index contributed by atoms with van der Waals surface area (Å²) in [6.07, 6.45) is 0. The third-order valence-corrected chi connectivity index (χ3v) is 2.86. The van der Waals surface area contributed by atoms with Gasteiger partial charge < -0.3 is 15.3 Å². The molecule has 2 amide bonds. The van der Waals surface area contributed by atoms with Crippen molar-refractivity contribution in [2.75, 3.05) is 13.1 Å².